The molecule has 0 spiro atoms. The van der Waals surface area contributed by atoms with Gasteiger partial charge >= 0.3 is 0 Å². The highest BCUT2D eigenvalue weighted by atomic mass is 35.5. The van der Waals surface area contributed by atoms with Crippen LogP contribution in [0.2, 0.25) is 5.15 Å². The van der Waals surface area contributed by atoms with Gasteiger partial charge in [0.1, 0.15) is 16.8 Å². The lowest BCUT2D eigenvalue weighted by atomic mass is 10.1. The van der Waals surface area contributed by atoms with Crippen LogP contribution in [0.1, 0.15) is 5.56 Å². The summed E-state index contributed by atoms with van der Waals surface area (Å²) < 4.78 is 26.8. The van der Waals surface area contributed by atoms with Gasteiger partial charge in [0.2, 0.25) is 0 Å². The molecular formula is C15H9ClF2N2. The minimum atomic E-state index is -0.463. The van der Waals surface area contributed by atoms with E-state index >= 15 is 0 Å². The predicted octanol–water partition coefficient (Wildman–Crippen LogP) is 4.54. The molecule has 1 heterocycles. The van der Waals surface area contributed by atoms with Gasteiger partial charge in [-0.3, -0.25) is 0 Å². The first-order chi connectivity index (χ1) is 9.56. The quantitative estimate of drug-likeness (QED) is 0.615. The van der Waals surface area contributed by atoms with E-state index in [1.807, 2.05) is 0 Å². The maximum absolute atomic E-state index is 13.7. The topological polar surface area (TPSA) is 25.8 Å². The van der Waals surface area contributed by atoms with Crippen molar-refractivity contribution in [2.45, 2.75) is 6.92 Å². The van der Waals surface area contributed by atoms with Crippen LogP contribution in [0.3, 0.4) is 0 Å². The maximum Gasteiger partial charge on any atom is 0.161 e. The molecule has 3 rings (SSSR count). The Labute approximate surface area is 119 Å². The Morgan fingerprint density at radius 3 is 2.60 bits per heavy atom. The van der Waals surface area contributed by atoms with E-state index in [-0.39, 0.29) is 16.4 Å². The normalized spacial score (nSPS) is 11.0. The Kier molecular flexibility index (Phi) is 3.10. The molecule has 3 aromatic rings. The van der Waals surface area contributed by atoms with E-state index in [4.69, 9.17) is 11.6 Å². The van der Waals surface area contributed by atoms with Crippen molar-refractivity contribution in [2.75, 3.05) is 0 Å². The second kappa shape index (κ2) is 4.80. The van der Waals surface area contributed by atoms with Crippen molar-refractivity contribution < 1.29 is 8.78 Å². The first kappa shape index (κ1) is 12.9. The third-order valence-electron chi connectivity index (χ3n) is 3.06. The molecule has 0 saturated heterocycles. The number of halogens is 3. The molecule has 5 heteroatoms. The van der Waals surface area contributed by atoms with E-state index in [1.165, 1.54) is 18.2 Å². The molecule has 2 nitrogen and oxygen atoms in total. The molecule has 0 unspecified atom stereocenters. The summed E-state index contributed by atoms with van der Waals surface area (Å²) in [6.45, 7) is 1.76. The lowest BCUT2D eigenvalue weighted by Crippen LogP contribution is -1.95. The van der Waals surface area contributed by atoms with Crippen LogP contribution in [0.5, 0.6) is 0 Å². The van der Waals surface area contributed by atoms with Crippen LogP contribution in [0.25, 0.3) is 22.3 Å². The van der Waals surface area contributed by atoms with Crippen molar-refractivity contribution in [3.05, 3.63) is 58.7 Å². The Balaban J connectivity index is 2.28. The molecule has 0 radical (unpaired) electrons. The van der Waals surface area contributed by atoms with Gasteiger partial charge in [0, 0.05) is 5.56 Å². The van der Waals surface area contributed by atoms with Crippen molar-refractivity contribution in [3.63, 3.8) is 0 Å². The van der Waals surface area contributed by atoms with Gasteiger partial charge in [0.25, 0.3) is 0 Å². The van der Waals surface area contributed by atoms with E-state index < -0.39 is 5.82 Å². The van der Waals surface area contributed by atoms with Gasteiger partial charge in [-0.15, -0.1) is 0 Å². The molecule has 0 aliphatic carbocycles. The smallest absolute Gasteiger partial charge is 0.161 e. The lowest BCUT2D eigenvalue weighted by Gasteiger charge is -2.07. The molecule has 0 aliphatic rings. The second-order valence-electron chi connectivity index (χ2n) is 4.43. The van der Waals surface area contributed by atoms with Gasteiger partial charge in [0.15, 0.2) is 5.82 Å². The number of benzene rings is 2. The molecule has 0 atom stereocenters. The molecule has 0 bridgehead atoms. The zero-order valence-corrected chi connectivity index (χ0v) is 11.2. The lowest BCUT2D eigenvalue weighted by molar-refractivity contribution is 0.627. The standard InChI is InChI=1S/C15H9ClF2N2/c1-8-7-9(17)5-6-10(8)15-19-12-4-2-3-11(18)13(12)14(16)20-15/h2-7H,1H3. The first-order valence-electron chi connectivity index (χ1n) is 5.94. The number of hydrogen-bond acceptors (Lipinski definition) is 2. The molecule has 0 fully saturated rings. The SMILES string of the molecule is Cc1cc(F)ccc1-c1nc(Cl)c2c(F)cccc2n1. The zero-order valence-electron chi connectivity index (χ0n) is 10.5. The Bertz CT molecular complexity index is 818. The summed E-state index contributed by atoms with van der Waals surface area (Å²) in [5.74, 6) is -0.440. The van der Waals surface area contributed by atoms with Crippen molar-refractivity contribution in [1.29, 1.82) is 0 Å². The van der Waals surface area contributed by atoms with Crippen LogP contribution in [0.4, 0.5) is 8.78 Å². The number of aromatic nitrogens is 2. The highest BCUT2D eigenvalue weighted by Crippen LogP contribution is 2.28. The zero-order chi connectivity index (χ0) is 14.3. The number of rotatable bonds is 1. The van der Waals surface area contributed by atoms with E-state index in [2.05, 4.69) is 9.97 Å². The van der Waals surface area contributed by atoms with Gasteiger partial charge < -0.3 is 0 Å². The summed E-state index contributed by atoms with van der Waals surface area (Å²) in [6, 6.07) is 8.83. The van der Waals surface area contributed by atoms with Gasteiger partial charge in [-0.25, -0.2) is 18.7 Å². The van der Waals surface area contributed by atoms with Crippen molar-refractivity contribution in [2.24, 2.45) is 0 Å². The summed E-state index contributed by atoms with van der Waals surface area (Å²) in [7, 11) is 0. The average molecular weight is 291 g/mol. The van der Waals surface area contributed by atoms with Gasteiger partial charge in [-0.05, 0) is 42.8 Å². The van der Waals surface area contributed by atoms with Crippen molar-refractivity contribution in [3.8, 4) is 11.4 Å². The molecule has 100 valence electrons. The maximum atomic E-state index is 13.7. The number of fused-ring (bicyclic) bond motifs is 1. The Hall–Kier alpha value is -2.07. The predicted molar refractivity (Wildman–Crippen MR) is 74.6 cm³/mol. The molecule has 0 N–H and O–H groups in total. The average Bonchev–Trinajstić information content (AvgIpc) is 2.38. The van der Waals surface area contributed by atoms with Crippen LogP contribution < -0.4 is 0 Å². The molecule has 1 aromatic heterocycles. The Morgan fingerprint density at radius 2 is 1.85 bits per heavy atom. The summed E-state index contributed by atoms with van der Waals surface area (Å²) in [4.78, 5) is 8.41. The minimum Gasteiger partial charge on any atom is -0.228 e. The van der Waals surface area contributed by atoms with Gasteiger partial charge in [0.05, 0.1) is 10.9 Å². The molecule has 0 aliphatic heterocycles. The summed E-state index contributed by atoms with van der Waals surface area (Å²) >= 11 is 6.04. The number of aryl methyl sites for hydroxylation is 1. The summed E-state index contributed by atoms with van der Waals surface area (Å²) in [5.41, 5.74) is 1.78. The summed E-state index contributed by atoms with van der Waals surface area (Å²) in [5, 5.41) is 0.240. The fraction of sp³-hybridized carbons (Fsp3) is 0.0667. The van der Waals surface area contributed by atoms with Crippen molar-refractivity contribution >= 4 is 22.5 Å². The molecule has 20 heavy (non-hydrogen) atoms. The minimum absolute atomic E-state index is 0.0480. The van der Waals surface area contributed by atoms with E-state index in [9.17, 15) is 8.78 Å². The van der Waals surface area contributed by atoms with Crippen LogP contribution in [0, 0.1) is 18.6 Å². The third-order valence-corrected chi connectivity index (χ3v) is 3.33. The fourth-order valence-electron chi connectivity index (χ4n) is 2.10. The van der Waals surface area contributed by atoms with Crippen molar-refractivity contribution in [1.82, 2.24) is 9.97 Å². The Morgan fingerprint density at radius 1 is 1.05 bits per heavy atom. The molecular weight excluding hydrogens is 282 g/mol. The largest absolute Gasteiger partial charge is 0.228 e. The highest BCUT2D eigenvalue weighted by Gasteiger charge is 2.13. The van der Waals surface area contributed by atoms with Crippen LogP contribution in [0.15, 0.2) is 36.4 Å². The molecule has 0 saturated carbocycles. The second-order valence-corrected chi connectivity index (χ2v) is 4.79. The number of nitrogens with zero attached hydrogens (tertiary/aromatic N) is 2. The van der Waals surface area contributed by atoms with Crippen LogP contribution in [-0.2, 0) is 0 Å². The highest BCUT2D eigenvalue weighted by molar-refractivity contribution is 6.34. The van der Waals surface area contributed by atoms with E-state index in [0.29, 0.717) is 22.5 Å². The third kappa shape index (κ3) is 2.12. The summed E-state index contributed by atoms with van der Waals surface area (Å²) in [6.07, 6.45) is 0. The van der Waals surface area contributed by atoms with Crippen LogP contribution >= 0.6 is 11.6 Å². The van der Waals surface area contributed by atoms with Crippen LogP contribution in [-0.4, -0.2) is 9.97 Å². The molecule has 0 amide bonds. The molecule has 2 aromatic carbocycles. The van der Waals surface area contributed by atoms with Gasteiger partial charge in [-0.2, -0.15) is 0 Å². The van der Waals surface area contributed by atoms with E-state index in [1.54, 1.807) is 25.1 Å². The first-order valence-corrected chi connectivity index (χ1v) is 6.32. The fourth-order valence-corrected chi connectivity index (χ4v) is 2.36. The van der Waals surface area contributed by atoms with E-state index in [0.717, 1.165) is 0 Å². The van der Waals surface area contributed by atoms with Gasteiger partial charge in [-0.1, -0.05) is 17.7 Å². The number of hydrogen-bond donors (Lipinski definition) is 0. The monoisotopic (exact) mass is 290 g/mol.